The molecule has 0 bridgehead atoms. The van der Waals surface area contributed by atoms with E-state index >= 15 is 0 Å². The van der Waals surface area contributed by atoms with E-state index in [1.54, 1.807) is 5.56 Å². The molecule has 1 saturated carbocycles. The summed E-state index contributed by atoms with van der Waals surface area (Å²) in [5, 5.41) is 3.42. The highest BCUT2D eigenvalue weighted by atomic mass is 14.8. The Morgan fingerprint density at radius 1 is 1.20 bits per heavy atom. The molecule has 1 nitrogen and oxygen atoms in total. The minimum absolute atomic E-state index is 0.757. The molecule has 0 saturated heterocycles. The van der Waals surface area contributed by atoms with Crippen LogP contribution in [0.2, 0.25) is 0 Å². The summed E-state index contributed by atoms with van der Waals surface area (Å²) in [5.74, 6) is 2.51. The summed E-state index contributed by atoms with van der Waals surface area (Å²) in [5.41, 5.74) is 4.51. The topological polar surface area (TPSA) is 12.0 Å². The maximum Gasteiger partial charge on any atom is -0.00177 e. The maximum atomic E-state index is 3.42. The zero-order valence-corrected chi connectivity index (χ0v) is 13.7. The lowest BCUT2D eigenvalue weighted by Crippen LogP contribution is -2.31. The average Bonchev–Trinajstić information content (AvgIpc) is 2.44. The lowest BCUT2D eigenvalue weighted by Gasteiger charge is -2.37. The highest BCUT2D eigenvalue weighted by Gasteiger charge is 2.31. The summed E-state index contributed by atoms with van der Waals surface area (Å²) in [6.45, 7) is 8.00. The zero-order valence-electron chi connectivity index (χ0n) is 13.7. The van der Waals surface area contributed by atoms with Crippen molar-refractivity contribution in [1.29, 1.82) is 0 Å². The van der Waals surface area contributed by atoms with Crippen LogP contribution in [0.15, 0.2) is 18.2 Å². The van der Waals surface area contributed by atoms with Gasteiger partial charge in [0.25, 0.3) is 0 Å². The first-order chi connectivity index (χ1) is 9.65. The van der Waals surface area contributed by atoms with Gasteiger partial charge >= 0.3 is 0 Å². The summed E-state index contributed by atoms with van der Waals surface area (Å²) in [4.78, 5) is 0. The van der Waals surface area contributed by atoms with Crippen LogP contribution in [0.5, 0.6) is 0 Å². The molecule has 1 aliphatic rings. The lowest BCUT2D eigenvalue weighted by atomic mass is 9.69. The van der Waals surface area contributed by atoms with Crippen molar-refractivity contribution >= 4 is 0 Å². The molecule has 20 heavy (non-hydrogen) atoms. The molecule has 1 aromatic rings. The van der Waals surface area contributed by atoms with Gasteiger partial charge in [0.05, 0.1) is 0 Å². The zero-order chi connectivity index (χ0) is 14.5. The van der Waals surface area contributed by atoms with Crippen LogP contribution in [-0.4, -0.2) is 13.6 Å². The van der Waals surface area contributed by atoms with E-state index in [9.17, 15) is 0 Å². The standard InChI is InChI=1S/C19H31N/c1-5-6-16-9-10-17(13-20-4)19(12-16)18-11-14(2)7-8-15(18)3/h7-8,11,16-17,19-20H,5-6,9-10,12-13H2,1-4H3. The number of hydrogen-bond acceptors (Lipinski definition) is 1. The van der Waals surface area contributed by atoms with E-state index in [0.717, 1.165) is 24.3 Å². The minimum Gasteiger partial charge on any atom is -0.319 e. The molecule has 1 N–H and O–H groups in total. The van der Waals surface area contributed by atoms with Gasteiger partial charge in [-0.1, -0.05) is 49.9 Å². The first-order valence-electron chi connectivity index (χ1n) is 8.37. The number of rotatable bonds is 5. The quantitative estimate of drug-likeness (QED) is 0.811. The van der Waals surface area contributed by atoms with Gasteiger partial charge in [-0.3, -0.25) is 0 Å². The Labute approximate surface area is 125 Å². The summed E-state index contributed by atoms with van der Waals surface area (Å²) in [7, 11) is 2.10. The molecule has 3 unspecified atom stereocenters. The second-order valence-electron chi connectivity index (χ2n) is 6.75. The van der Waals surface area contributed by atoms with Crippen molar-refractivity contribution in [3.63, 3.8) is 0 Å². The van der Waals surface area contributed by atoms with Gasteiger partial charge in [-0.25, -0.2) is 0 Å². The molecule has 0 aliphatic heterocycles. The smallest absolute Gasteiger partial charge is 0.00177 e. The molecule has 0 radical (unpaired) electrons. The first-order valence-corrected chi connectivity index (χ1v) is 8.37. The second-order valence-corrected chi connectivity index (χ2v) is 6.75. The van der Waals surface area contributed by atoms with Gasteiger partial charge in [-0.2, -0.15) is 0 Å². The summed E-state index contributed by atoms with van der Waals surface area (Å²) < 4.78 is 0. The minimum atomic E-state index is 0.757. The van der Waals surface area contributed by atoms with Crippen molar-refractivity contribution < 1.29 is 0 Å². The van der Waals surface area contributed by atoms with Gasteiger partial charge in [-0.05, 0) is 69.2 Å². The van der Waals surface area contributed by atoms with Crippen LogP contribution in [-0.2, 0) is 0 Å². The molecule has 3 atom stereocenters. The van der Waals surface area contributed by atoms with Gasteiger partial charge in [-0.15, -0.1) is 0 Å². The van der Waals surface area contributed by atoms with Crippen molar-refractivity contribution in [1.82, 2.24) is 5.32 Å². The third kappa shape index (κ3) is 3.63. The number of hydrogen-bond donors (Lipinski definition) is 1. The Bertz CT molecular complexity index is 424. The molecule has 0 amide bonds. The van der Waals surface area contributed by atoms with Gasteiger partial charge in [0, 0.05) is 0 Å². The lowest BCUT2D eigenvalue weighted by molar-refractivity contribution is 0.222. The van der Waals surface area contributed by atoms with Crippen molar-refractivity contribution in [3.05, 3.63) is 34.9 Å². The maximum absolute atomic E-state index is 3.42. The van der Waals surface area contributed by atoms with Crippen LogP contribution in [0.4, 0.5) is 0 Å². The highest BCUT2D eigenvalue weighted by molar-refractivity contribution is 5.34. The van der Waals surface area contributed by atoms with Crippen molar-refractivity contribution in [2.24, 2.45) is 11.8 Å². The monoisotopic (exact) mass is 273 g/mol. The van der Waals surface area contributed by atoms with Crippen LogP contribution >= 0.6 is 0 Å². The molecule has 0 spiro atoms. The number of aryl methyl sites for hydroxylation is 2. The van der Waals surface area contributed by atoms with E-state index in [-0.39, 0.29) is 0 Å². The molecule has 112 valence electrons. The fraction of sp³-hybridized carbons (Fsp3) is 0.684. The van der Waals surface area contributed by atoms with E-state index in [1.807, 2.05) is 0 Å². The van der Waals surface area contributed by atoms with Gasteiger partial charge in [0.2, 0.25) is 0 Å². The largest absolute Gasteiger partial charge is 0.319 e. The number of benzene rings is 1. The molecular weight excluding hydrogens is 242 g/mol. The molecule has 1 heteroatoms. The molecule has 0 heterocycles. The molecular formula is C19H31N. The van der Waals surface area contributed by atoms with E-state index in [2.05, 4.69) is 51.3 Å². The Morgan fingerprint density at radius 2 is 2.00 bits per heavy atom. The fourth-order valence-corrected chi connectivity index (χ4v) is 4.04. The van der Waals surface area contributed by atoms with Crippen LogP contribution in [0.25, 0.3) is 0 Å². The SMILES string of the molecule is CCCC1CCC(CNC)C(c2cc(C)ccc2C)C1. The van der Waals surface area contributed by atoms with Crippen molar-refractivity contribution in [2.75, 3.05) is 13.6 Å². The van der Waals surface area contributed by atoms with Gasteiger partial charge in [0.1, 0.15) is 0 Å². The van der Waals surface area contributed by atoms with Crippen LogP contribution in [0, 0.1) is 25.7 Å². The fourth-order valence-electron chi connectivity index (χ4n) is 4.04. The van der Waals surface area contributed by atoms with E-state index < -0.39 is 0 Å². The second kappa shape index (κ2) is 7.26. The van der Waals surface area contributed by atoms with Gasteiger partial charge in [0.15, 0.2) is 0 Å². The van der Waals surface area contributed by atoms with Gasteiger partial charge < -0.3 is 5.32 Å². The predicted molar refractivity (Wildman–Crippen MR) is 88.3 cm³/mol. The van der Waals surface area contributed by atoms with E-state index in [4.69, 9.17) is 0 Å². The third-order valence-electron chi connectivity index (χ3n) is 5.10. The van der Waals surface area contributed by atoms with E-state index in [1.165, 1.54) is 43.2 Å². The molecule has 0 aromatic heterocycles. The van der Waals surface area contributed by atoms with Crippen molar-refractivity contribution in [3.8, 4) is 0 Å². The number of nitrogens with one attached hydrogen (secondary N) is 1. The predicted octanol–water partition coefficient (Wildman–Crippen LogP) is 4.82. The molecule has 2 rings (SSSR count). The molecule has 1 fully saturated rings. The highest BCUT2D eigenvalue weighted by Crippen LogP contribution is 2.43. The van der Waals surface area contributed by atoms with Crippen LogP contribution in [0.3, 0.4) is 0 Å². The summed E-state index contributed by atoms with van der Waals surface area (Å²) in [6, 6.07) is 7.00. The Hall–Kier alpha value is -0.820. The Balaban J connectivity index is 2.23. The molecule has 1 aromatic carbocycles. The van der Waals surface area contributed by atoms with Crippen LogP contribution in [0.1, 0.15) is 61.6 Å². The average molecular weight is 273 g/mol. The first kappa shape index (κ1) is 15.6. The molecule has 1 aliphatic carbocycles. The van der Waals surface area contributed by atoms with Crippen LogP contribution < -0.4 is 5.32 Å². The Kier molecular flexibility index (Phi) is 5.65. The normalized spacial score (nSPS) is 26.7. The van der Waals surface area contributed by atoms with E-state index in [0.29, 0.717) is 0 Å². The van der Waals surface area contributed by atoms with Crippen molar-refractivity contribution in [2.45, 2.75) is 58.8 Å². The summed E-state index contributed by atoms with van der Waals surface area (Å²) in [6.07, 6.45) is 6.96. The third-order valence-corrected chi connectivity index (χ3v) is 5.10. The summed E-state index contributed by atoms with van der Waals surface area (Å²) >= 11 is 0. The Morgan fingerprint density at radius 3 is 2.70 bits per heavy atom.